The largest absolute Gasteiger partial charge is 0.182 e. The van der Waals surface area contributed by atoms with E-state index in [4.69, 9.17) is 0 Å². The fraction of sp³-hybridized carbons (Fsp3) is 1.00. The van der Waals surface area contributed by atoms with Crippen LogP contribution in [-0.2, 0) is 0 Å². The Morgan fingerprint density at radius 2 is 1.43 bits per heavy atom. The third-order valence-electron chi connectivity index (χ3n) is 0.856. The summed E-state index contributed by atoms with van der Waals surface area (Å²) in [6, 6.07) is 0. The topological polar surface area (TPSA) is 0 Å². The van der Waals surface area contributed by atoms with Crippen molar-refractivity contribution in [1.29, 1.82) is 0 Å². The van der Waals surface area contributed by atoms with E-state index in [1.54, 1.807) is 0 Å². The highest BCUT2D eigenvalue weighted by molar-refractivity contribution is 7.85. The van der Waals surface area contributed by atoms with Crippen molar-refractivity contribution in [2.45, 2.75) is 13.1 Å². The van der Waals surface area contributed by atoms with Gasteiger partial charge in [0.25, 0.3) is 0 Å². The fourth-order valence-corrected chi connectivity index (χ4v) is 1.35. The van der Waals surface area contributed by atoms with E-state index in [1.807, 2.05) is 0 Å². The van der Waals surface area contributed by atoms with E-state index in [1.165, 1.54) is 0 Å². The SMILES string of the molecule is C[Si](C)(CS)CS. The molecular formula is C4H12S2Si. The second-order valence-corrected chi connectivity index (χ2v) is 9.34. The van der Waals surface area contributed by atoms with Crippen LogP contribution >= 0.6 is 25.3 Å². The van der Waals surface area contributed by atoms with Gasteiger partial charge in [0.2, 0.25) is 0 Å². The van der Waals surface area contributed by atoms with Gasteiger partial charge in [0.05, 0.1) is 8.07 Å². The minimum atomic E-state index is -0.923. The molecule has 0 rings (SSSR count). The van der Waals surface area contributed by atoms with Crippen molar-refractivity contribution in [3.8, 4) is 0 Å². The molecule has 0 aromatic carbocycles. The summed E-state index contributed by atoms with van der Waals surface area (Å²) in [4.78, 5) is 0. The monoisotopic (exact) mass is 152 g/mol. The quantitative estimate of drug-likeness (QED) is 0.436. The van der Waals surface area contributed by atoms with E-state index in [0.717, 1.165) is 10.8 Å². The number of thiol groups is 2. The Morgan fingerprint density at radius 3 is 1.43 bits per heavy atom. The van der Waals surface area contributed by atoms with Gasteiger partial charge in [-0.25, -0.2) is 0 Å². The van der Waals surface area contributed by atoms with Gasteiger partial charge in [-0.05, 0) is 10.8 Å². The molecule has 0 bridgehead atoms. The summed E-state index contributed by atoms with van der Waals surface area (Å²) in [5, 5.41) is 2.10. The van der Waals surface area contributed by atoms with Crippen LogP contribution in [0.4, 0.5) is 0 Å². The van der Waals surface area contributed by atoms with E-state index in [2.05, 4.69) is 38.4 Å². The maximum Gasteiger partial charge on any atom is 0.0673 e. The van der Waals surface area contributed by atoms with Crippen LogP contribution in [0.3, 0.4) is 0 Å². The molecule has 0 aliphatic heterocycles. The van der Waals surface area contributed by atoms with Crippen molar-refractivity contribution in [3.63, 3.8) is 0 Å². The molecule has 0 N–H and O–H groups in total. The second kappa shape index (κ2) is 3.05. The van der Waals surface area contributed by atoms with Crippen LogP contribution in [0.2, 0.25) is 13.1 Å². The first kappa shape index (κ1) is 7.92. The lowest BCUT2D eigenvalue weighted by atomic mass is 11.7. The zero-order chi connectivity index (χ0) is 5.91. The molecule has 0 aliphatic carbocycles. The summed E-state index contributed by atoms with van der Waals surface area (Å²) in [6.07, 6.45) is 0. The molecule has 0 saturated heterocycles. The van der Waals surface area contributed by atoms with Crippen molar-refractivity contribution in [3.05, 3.63) is 0 Å². The van der Waals surface area contributed by atoms with Gasteiger partial charge in [-0.1, -0.05) is 13.1 Å². The van der Waals surface area contributed by atoms with Gasteiger partial charge in [-0.15, -0.1) is 0 Å². The predicted octanol–water partition coefficient (Wildman–Crippen LogP) is 1.63. The highest BCUT2D eigenvalue weighted by atomic mass is 32.1. The number of hydrogen-bond donors (Lipinski definition) is 2. The lowest BCUT2D eigenvalue weighted by Crippen LogP contribution is -2.31. The predicted molar refractivity (Wildman–Crippen MR) is 45.2 cm³/mol. The number of hydrogen-bond acceptors (Lipinski definition) is 2. The fourth-order valence-electron chi connectivity index (χ4n) is 0.0500. The Labute approximate surface area is 57.5 Å². The summed E-state index contributed by atoms with van der Waals surface area (Å²) in [5.41, 5.74) is 0. The summed E-state index contributed by atoms with van der Waals surface area (Å²) < 4.78 is 0. The molecule has 0 heterocycles. The van der Waals surface area contributed by atoms with Crippen molar-refractivity contribution in [1.82, 2.24) is 0 Å². The average molecular weight is 152 g/mol. The van der Waals surface area contributed by atoms with E-state index in [-0.39, 0.29) is 0 Å². The Morgan fingerprint density at radius 1 is 1.14 bits per heavy atom. The molecule has 0 aliphatic rings. The van der Waals surface area contributed by atoms with Gasteiger partial charge in [-0.2, -0.15) is 25.3 Å². The molecule has 0 radical (unpaired) electrons. The molecule has 0 unspecified atom stereocenters. The smallest absolute Gasteiger partial charge is 0.0673 e. The molecule has 0 amide bonds. The molecule has 0 nitrogen and oxygen atoms in total. The van der Waals surface area contributed by atoms with Gasteiger partial charge in [0.1, 0.15) is 0 Å². The lowest BCUT2D eigenvalue weighted by Gasteiger charge is -2.14. The maximum absolute atomic E-state index is 4.19. The van der Waals surface area contributed by atoms with Gasteiger partial charge in [0, 0.05) is 0 Å². The van der Waals surface area contributed by atoms with E-state index >= 15 is 0 Å². The Bertz CT molecular complexity index is 47.7. The summed E-state index contributed by atoms with van der Waals surface area (Å²) >= 11 is 8.39. The van der Waals surface area contributed by atoms with Crippen LogP contribution in [-0.4, -0.2) is 18.8 Å². The number of rotatable bonds is 2. The molecule has 44 valence electrons. The zero-order valence-electron chi connectivity index (χ0n) is 4.81. The highest BCUT2D eigenvalue weighted by Crippen LogP contribution is 2.04. The van der Waals surface area contributed by atoms with Crippen LogP contribution in [0.15, 0.2) is 0 Å². The third kappa shape index (κ3) is 3.50. The minimum absolute atomic E-state index is 0.923. The Balaban J connectivity index is 3.36. The molecule has 0 aromatic heterocycles. The van der Waals surface area contributed by atoms with Crippen molar-refractivity contribution < 1.29 is 0 Å². The molecule has 3 heteroatoms. The van der Waals surface area contributed by atoms with Crippen LogP contribution in [0, 0.1) is 0 Å². The Hall–Kier alpha value is 0.917. The molecule has 0 saturated carbocycles. The minimum Gasteiger partial charge on any atom is -0.182 e. The summed E-state index contributed by atoms with van der Waals surface area (Å²) in [6.45, 7) is 4.57. The normalized spacial score (nSPS) is 12.0. The van der Waals surface area contributed by atoms with Crippen LogP contribution in [0.25, 0.3) is 0 Å². The van der Waals surface area contributed by atoms with Gasteiger partial charge < -0.3 is 0 Å². The standard InChI is InChI=1S/C4H12S2Si/c1-7(2,3-5)4-6/h5-6H,3-4H2,1-2H3. The molecule has 0 aromatic rings. The van der Waals surface area contributed by atoms with Gasteiger partial charge in [-0.3, -0.25) is 0 Å². The van der Waals surface area contributed by atoms with Gasteiger partial charge in [0.15, 0.2) is 0 Å². The van der Waals surface area contributed by atoms with Crippen molar-refractivity contribution in [2.75, 3.05) is 10.8 Å². The van der Waals surface area contributed by atoms with Crippen LogP contribution in [0.5, 0.6) is 0 Å². The average Bonchev–Trinajstić information content (AvgIpc) is 1.68. The van der Waals surface area contributed by atoms with E-state index < -0.39 is 8.07 Å². The summed E-state index contributed by atoms with van der Waals surface area (Å²) in [5.74, 6) is 0. The third-order valence-corrected chi connectivity index (χ3v) is 7.70. The first-order valence-electron chi connectivity index (χ1n) is 2.34. The molecule has 0 atom stereocenters. The first-order chi connectivity index (χ1) is 3.12. The van der Waals surface area contributed by atoms with Crippen LogP contribution in [0.1, 0.15) is 0 Å². The molecule has 0 fully saturated rings. The lowest BCUT2D eigenvalue weighted by molar-refractivity contribution is 1.66. The summed E-state index contributed by atoms with van der Waals surface area (Å²) in [7, 11) is -0.923. The second-order valence-electron chi connectivity index (χ2n) is 2.48. The molecule has 7 heavy (non-hydrogen) atoms. The first-order valence-corrected chi connectivity index (χ1v) is 7.02. The van der Waals surface area contributed by atoms with Gasteiger partial charge >= 0.3 is 0 Å². The highest BCUT2D eigenvalue weighted by Gasteiger charge is 2.14. The van der Waals surface area contributed by atoms with Crippen molar-refractivity contribution >= 4 is 33.3 Å². The zero-order valence-corrected chi connectivity index (χ0v) is 7.60. The van der Waals surface area contributed by atoms with E-state index in [9.17, 15) is 0 Å². The Kier molecular flexibility index (Phi) is 3.44. The maximum atomic E-state index is 4.19. The van der Waals surface area contributed by atoms with Crippen molar-refractivity contribution in [2.24, 2.45) is 0 Å². The van der Waals surface area contributed by atoms with Crippen LogP contribution < -0.4 is 0 Å². The molecule has 0 spiro atoms. The van der Waals surface area contributed by atoms with E-state index in [0.29, 0.717) is 0 Å². The molecular weight excluding hydrogens is 140 g/mol.